The van der Waals surface area contributed by atoms with Crippen LogP contribution in [0.5, 0.6) is 28.7 Å². The molecule has 4 rings (SSSR count). The summed E-state index contributed by atoms with van der Waals surface area (Å²) >= 11 is 0. The zero-order chi connectivity index (χ0) is 23.5. The molecular formula is C28H26O5. The summed E-state index contributed by atoms with van der Waals surface area (Å²) in [6, 6.07) is 21.5. The van der Waals surface area contributed by atoms with Gasteiger partial charge in [0.1, 0.15) is 5.75 Å². The Hall–Kier alpha value is -4.12. The minimum Gasteiger partial charge on any atom is -0.508 e. The van der Waals surface area contributed by atoms with E-state index in [0.29, 0.717) is 19.3 Å². The van der Waals surface area contributed by atoms with Crippen LogP contribution in [0, 0.1) is 6.92 Å². The summed E-state index contributed by atoms with van der Waals surface area (Å²) in [5.74, 6) is -0.348. The van der Waals surface area contributed by atoms with Crippen LogP contribution in [0.25, 0.3) is 0 Å². The van der Waals surface area contributed by atoms with E-state index in [4.69, 9.17) is 0 Å². The Kier molecular flexibility index (Phi) is 6.13. The van der Waals surface area contributed by atoms with Crippen molar-refractivity contribution in [2.75, 3.05) is 0 Å². The Bertz CT molecular complexity index is 1140. The van der Waals surface area contributed by atoms with Gasteiger partial charge in [-0.25, -0.2) is 0 Å². The number of hydrogen-bond donors (Lipinski definition) is 5. The Balaban J connectivity index is 1.68. The average Bonchev–Trinajstić information content (AvgIpc) is 2.76. The van der Waals surface area contributed by atoms with Gasteiger partial charge in [-0.2, -0.15) is 0 Å². The summed E-state index contributed by atoms with van der Waals surface area (Å²) in [5, 5.41) is 49.0. The highest BCUT2D eigenvalue weighted by Crippen LogP contribution is 2.29. The van der Waals surface area contributed by atoms with Crippen LogP contribution in [0.2, 0.25) is 0 Å². The highest BCUT2D eigenvalue weighted by molar-refractivity contribution is 5.46. The maximum absolute atomic E-state index is 10.1. The molecule has 0 aliphatic carbocycles. The summed E-state index contributed by atoms with van der Waals surface area (Å²) < 4.78 is 0. The molecule has 4 aromatic rings. The summed E-state index contributed by atoms with van der Waals surface area (Å²) in [6.07, 6.45) is 1.76. The van der Waals surface area contributed by atoms with Crippen LogP contribution in [-0.2, 0) is 19.3 Å². The van der Waals surface area contributed by atoms with Crippen LogP contribution in [-0.4, -0.2) is 25.5 Å². The normalized spacial score (nSPS) is 10.9. The second-order valence-corrected chi connectivity index (χ2v) is 8.46. The zero-order valence-electron chi connectivity index (χ0n) is 18.3. The van der Waals surface area contributed by atoms with Gasteiger partial charge in [-0.15, -0.1) is 0 Å². The van der Waals surface area contributed by atoms with Gasteiger partial charge in [0.25, 0.3) is 0 Å². The Morgan fingerprint density at radius 3 is 1.12 bits per heavy atom. The molecule has 0 unspecified atom stereocenters. The maximum Gasteiger partial charge on any atom is 0.157 e. The van der Waals surface area contributed by atoms with Crippen LogP contribution >= 0.6 is 0 Å². The second kappa shape index (κ2) is 9.17. The fourth-order valence-corrected chi connectivity index (χ4v) is 3.98. The molecule has 0 saturated carbocycles. The van der Waals surface area contributed by atoms with Gasteiger partial charge in [0, 0.05) is 0 Å². The first kappa shape index (κ1) is 22.1. The van der Waals surface area contributed by atoms with Crippen LogP contribution in [0.1, 0.15) is 38.9 Å². The molecule has 0 saturated heterocycles. The predicted molar refractivity (Wildman–Crippen MR) is 127 cm³/mol. The van der Waals surface area contributed by atoms with Gasteiger partial charge in [-0.3, -0.25) is 0 Å². The molecule has 33 heavy (non-hydrogen) atoms. The third-order valence-corrected chi connectivity index (χ3v) is 5.69. The summed E-state index contributed by atoms with van der Waals surface area (Å²) in [4.78, 5) is 0. The average molecular weight is 443 g/mol. The fourth-order valence-electron chi connectivity index (χ4n) is 3.98. The van der Waals surface area contributed by atoms with Gasteiger partial charge in [0.15, 0.2) is 23.0 Å². The van der Waals surface area contributed by atoms with Crippen molar-refractivity contribution in [2.45, 2.75) is 26.2 Å². The summed E-state index contributed by atoms with van der Waals surface area (Å²) in [6.45, 7) is 1.86. The van der Waals surface area contributed by atoms with E-state index in [-0.39, 0.29) is 28.7 Å². The largest absolute Gasteiger partial charge is 0.508 e. The quantitative estimate of drug-likeness (QED) is 0.261. The number of hydrogen-bond acceptors (Lipinski definition) is 5. The smallest absolute Gasteiger partial charge is 0.157 e. The van der Waals surface area contributed by atoms with Crippen molar-refractivity contribution < 1.29 is 25.5 Å². The number of rotatable bonds is 6. The van der Waals surface area contributed by atoms with E-state index >= 15 is 0 Å². The first-order chi connectivity index (χ1) is 15.8. The van der Waals surface area contributed by atoms with Crippen LogP contribution < -0.4 is 0 Å². The van der Waals surface area contributed by atoms with Gasteiger partial charge in [-0.1, -0.05) is 42.5 Å². The zero-order valence-corrected chi connectivity index (χ0v) is 18.3. The van der Waals surface area contributed by atoms with Crippen molar-refractivity contribution in [2.24, 2.45) is 0 Å². The minimum atomic E-state index is -0.154. The minimum absolute atomic E-state index is 0.153. The molecule has 5 N–H and O–H groups in total. The van der Waals surface area contributed by atoms with Crippen LogP contribution in [0.3, 0.4) is 0 Å². The van der Waals surface area contributed by atoms with Crippen LogP contribution in [0.4, 0.5) is 0 Å². The molecule has 0 spiro atoms. The molecule has 0 amide bonds. The van der Waals surface area contributed by atoms with E-state index in [2.05, 4.69) is 18.2 Å². The molecule has 0 radical (unpaired) electrons. The van der Waals surface area contributed by atoms with Crippen molar-refractivity contribution in [1.82, 2.24) is 0 Å². The summed E-state index contributed by atoms with van der Waals surface area (Å²) in [5.41, 5.74) is 6.68. The van der Waals surface area contributed by atoms with Gasteiger partial charge in [-0.05, 0) is 95.5 Å². The molecule has 5 heteroatoms. The van der Waals surface area contributed by atoms with E-state index in [9.17, 15) is 25.5 Å². The van der Waals surface area contributed by atoms with Gasteiger partial charge in [0.05, 0.1) is 0 Å². The Morgan fingerprint density at radius 1 is 0.394 bits per heavy atom. The van der Waals surface area contributed by atoms with E-state index in [1.807, 2.05) is 19.1 Å². The van der Waals surface area contributed by atoms with E-state index < -0.39 is 0 Å². The van der Waals surface area contributed by atoms with E-state index in [1.165, 1.54) is 12.1 Å². The number of aryl methyl sites for hydroxylation is 1. The monoisotopic (exact) mass is 442 g/mol. The Morgan fingerprint density at radius 2 is 0.758 bits per heavy atom. The van der Waals surface area contributed by atoms with Crippen molar-refractivity contribution >= 4 is 0 Å². The van der Waals surface area contributed by atoms with Crippen LogP contribution in [0.15, 0.2) is 72.8 Å². The van der Waals surface area contributed by atoms with Crippen molar-refractivity contribution in [3.8, 4) is 28.7 Å². The number of phenols is 5. The number of phenolic OH excluding ortho intramolecular Hbond substituents is 5. The standard InChI is InChI=1S/C28H26O5/c1-17-2-3-18(14-26(17)31)8-21-11-22(9-19-4-6-24(29)27(32)15-19)13-23(12-21)10-20-5-7-25(30)28(33)16-20/h2-7,11-16,29-33H,8-10H2,1H3. The van der Waals surface area contributed by atoms with Crippen molar-refractivity contribution in [3.63, 3.8) is 0 Å². The van der Waals surface area contributed by atoms with Crippen molar-refractivity contribution in [1.29, 1.82) is 0 Å². The molecule has 0 aliphatic rings. The van der Waals surface area contributed by atoms with Crippen molar-refractivity contribution in [3.05, 3.63) is 112 Å². The number of benzene rings is 4. The molecule has 0 aromatic heterocycles. The molecule has 0 heterocycles. The summed E-state index contributed by atoms with van der Waals surface area (Å²) in [7, 11) is 0. The van der Waals surface area contributed by atoms with Gasteiger partial charge < -0.3 is 25.5 Å². The lowest BCUT2D eigenvalue weighted by Gasteiger charge is -2.12. The van der Waals surface area contributed by atoms with Gasteiger partial charge >= 0.3 is 0 Å². The first-order valence-corrected chi connectivity index (χ1v) is 10.7. The maximum atomic E-state index is 10.1. The first-order valence-electron chi connectivity index (χ1n) is 10.7. The van der Waals surface area contributed by atoms with E-state index in [1.54, 1.807) is 30.3 Å². The third kappa shape index (κ3) is 5.39. The highest BCUT2D eigenvalue weighted by Gasteiger charge is 2.09. The third-order valence-electron chi connectivity index (χ3n) is 5.69. The molecule has 0 aliphatic heterocycles. The topological polar surface area (TPSA) is 101 Å². The lowest BCUT2D eigenvalue weighted by Crippen LogP contribution is -1.98. The molecule has 0 fully saturated rings. The molecule has 5 nitrogen and oxygen atoms in total. The lowest BCUT2D eigenvalue weighted by atomic mass is 9.93. The molecular weight excluding hydrogens is 416 g/mol. The Labute approximate surface area is 192 Å². The second-order valence-electron chi connectivity index (χ2n) is 8.46. The molecule has 168 valence electrons. The fraction of sp³-hybridized carbons (Fsp3) is 0.143. The molecule has 0 bridgehead atoms. The highest BCUT2D eigenvalue weighted by atomic mass is 16.3. The lowest BCUT2D eigenvalue weighted by molar-refractivity contribution is 0.403. The number of aromatic hydroxyl groups is 5. The molecule has 4 aromatic carbocycles. The van der Waals surface area contributed by atoms with Gasteiger partial charge in [0.2, 0.25) is 0 Å². The van der Waals surface area contributed by atoms with E-state index in [0.717, 1.165) is 38.9 Å². The molecule has 0 atom stereocenters. The SMILES string of the molecule is Cc1ccc(Cc2cc(Cc3ccc(O)c(O)c3)cc(Cc3ccc(O)c(O)c3)c2)cc1O. The predicted octanol–water partition coefficient (Wildman–Crippen LogP) is 5.30.